The van der Waals surface area contributed by atoms with Crippen molar-refractivity contribution in [1.29, 1.82) is 0 Å². The number of urea groups is 1. The fourth-order valence-corrected chi connectivity index (χ4v) is 2.21. The first-order valence-electron chi connectivity index (χ1n) is 4.71. The van der Waals surface area contributed by atoms with Crippen LogP contribution in [0, 0.1) is 0 Å². The van der Waals surface area contributed by atoms with Gasteiger partial charge in [-0.3, -0.25) is 0 Å². The van der Waals surface area contributed by atoms with Gasteiger partial charge < -0.3 is 10.2 Å². The second kappa shape index (κ2) is 5.50. The van der Waals surface area contributed by atoms with Crippen molar-refractivity contribution in [1.82, 2.24) is 4.90 Å². The van der Waals surface area contributed by atoms with Crippen LogP contribution < -0.4 is 5.32 Å². The number of thiol groups is 1. The van der Waals surface area contributed by atoms with E-state index in [1.807, 2.05) is 0 Å². The number of carbonyl (C=O) groups excluding carboxylic acids is 1. The van der Waals surface area contributed by atoms with Gasteiger partial charge >= 0.3 is 11.4 Å². The van der Waals surface area contributed by atoms with Gasteiger partial charge in [0.1, 0.15) is 0 Å². The molecular formula is C10H10Cl2F2N2OS. The van der Waals surface area contributed by atoms with Crippen molar-refractivity contribution in [3.05, 3.63) is 22.7 Å². The smallest absolute Gasteiger partial charge is 0.331 e. The molecule has 1 rings (SSSR count). The molecule has 0 unspecified atom stereocenters. The molecule has 0 bridgehead atoms. The van der Waals surface area contributed by atoms with Crippen molar-refractivity contribution in [3.8, 4) is 0 Å². The molecule has 8 heteroatoms. The van der Waals surface area contributed by atoms with Crippen LogP contribution in [-0.2, 0) is 5.38 Å². The van der Waals surface area contributed by atoms with Gasteiger partial charge in [-0.05, 0) is 23.7 Å². The van der Waals surface area contributed by atoms with Crippen molar-refractivity contribution in [2.75, 3.05) is 19.4 Å². The van der Waals surface area contributed by atoms with Gasteiger partial charge in [0, 0.05) is 19.0 Å². The van der Waals surface area contributed by atoms with Gasteiger partial charge in [0.05, 0.1) is 16.3 Å². The SMILES string of the molecule is CN(C)C(=O)Nc1ccc(Cl)c(C(F)(F)Cl)c1S. The second-order valence-electron chi connectivity index (χ2n) is 3.64. The van der Waals surface area contributed by atoms with E-state index in [0.29, 0.717) is 0 Å². The predicted molar refractivity (Wildman–Crippen MR) is 71.2 cm³/mol. The molecular weight excluding hydrogens is 305 g/mol. The monoisotopic (exact) mass is 314 g/mol. The van der Waals surface area contributed by atoms with Crippen molar-refractivity contribution in [2.24, 2.45) is 0 Å². The summed E-state index contributed by atoms with van der Waals surface area (Å²) in [5.41, 5.74) is -0.525. The zero-order chi connectivity index (χ0) is 14.1. The van der Waals surface area contributed by atoms with Gasteiger partial charge in [-0.25, -0.2) is 4.79 Å². The predicted octanol–water partition coefficient (Wildman–Crippen LogP) is 4.01. The Kier molecular flexibility index (Phi) is 4.69. The van der Waals surface area contributed by atoms with E-state index >= 15 is 0 Å². The van der Waals surface area contributed by atoms with Crippen LogP contribution in [0.5, 0.6) is 0 Å². The summed E-state index contributed by atoms with van der Waals surface area (Å²) in [6, 6.07) is 2.12. The topological polar surface area (TPSA) is 32.3 Å². The van der Waals surface area contributed by atoms with Gasteiger partial charge in [-0.15, -0.1) is 12.6 Å². The highest BCUT2D eigenvalue weighted by Crippen LogP contribution is 2.43. The van der Waals surface area contributed by atoms with Crippen LogP contribution in [0.15, 0.2) is 17.0 Å². The Balaban J connectivity index is 3.22. The second-order valence-corrected chi connectivity index (χ2v) is 4.97. The summed E-state index contributed by atoms with van der Waals surface area (Å²) < 4.78 is 26.3. The van der Waals surface area contributed by atoms with Gasteiger partial charge in [0.2, 0.25) is 0 Å². The lowest BCUT2D eigenvalue weighted by Crippen LogP contribution is -2.27. The van der Waals surface area contributed by atoms with Crippen LogP contribution in [0.4, 0.5) is 19.3 Å². The number of anilines is 1. The van der Waals surface area contributed by atoms with Crippen LogP contribution in [0.1, 0.15) is 5.56 Å². The number of benzene rings is 1. The summed E-state index contributed by atoms with van der Waals surface area (Å²) in [6.45, 7) is 0. The number of halogens is 4. The Morgan fingerprint density at radius 2 is 2.00 bits per heavy atom. The molecule has 0 spiro atoms. The standard InChI is InChI=1S/C10H10Cl2F2N2OS/c1-16(2)9(17)15-6-4-3-5(11)7(8(6)18)10(12,13)14/h3-4,18H,1-2H3,(H,15,17). The minimum atomic E-state index is -3.66. The molecule has 0 aliphatic carbocycles. The van der Waals surface area contributed by atoms with Crippen molar-refractivity contribution >= 4 is 47.5 Å². The number of hydrogen-bond donors (Lipinski definition) is 2. The third kappa shape index (κ3) is 3.40. The summed E-state index contributed by atoms with van der Waals surface area (Å²) in [6.07, 6.45) is 0. The molecule has 0 aliphatic rings. The first-order chi connectivity index (χ1) is 8.14. The zero-order valence-corrected chi connectivity index (χ0v) is 11.9. The van der Waals surface area contributed by atoms with E-state index in [0.717, 1.165) is 0 Å². The quantitative estimate of drug-likeness (QED) is 0.627. The van der Waals surface area contributed by atoms with E-state index in [4.69, 9.17) is 23.2 Å². The normalized spacial score (nSPS) is 11.3. The average Bonchev–Trinajstić information content (AvgIpc) is 2.20. The van der Waals surface area contributed by atoms with Gasteiger partial charge in [-0.2, -0.15) is 8.78 Å². The van der Waals surface area contributed by atoms with Gasteiger partial charge in [-0.1, -0.05) is 11.6 Å². The molecule has 0 aliphatic heterocycles. The molecule has 3 nitrogen and oxygen atoms in total. The van der Waals surface area contributed by atoms with E-state index in [-0.39, 0.29) is 15.6 Å². The Labute approximate surface area is 118 Å². The van der Waals surface area contributed by atoms with E-state index in [9.17, 15) is 13.6 Å². The molecule has 100 valence electrons. The van der Waals surface area contributed by atoms with Crippen molar-refractivity contribution in [2.45, 2.75) is 10.3 Å². The zero-order valence-electron chi connectivity index (χ0n) is 9.47. The van der Waals surface area contributed by atoms with Crippen LogP contribution in [-0.4, -0.2) is 25.0 Å². The van der Waals surface area contributed by atoms with Crippen LogP contribution in [0.3, 0.4) is 0 Å². The number of hydrogen-bond acceptors (Lipinski definition) is 2. The fourth-order valence-electron chi connectivity index (χ4n) is 1.16. The Morgan fingerprint density at radius 1 is 1.44 bits per heavy atom. The van der Waals surface area contributed by atoms with E-state index in [1.54, 1.807) is 0 Å². The van der Waals surface area contributed by atoms with E-state index in [2.05, 4.69) is 17.9 Å². The molecule has 0 heterocycles. The highest BCUT2D eigenvalue weighted by Gasteiger charge is 2.34. The molecule has 2 amide bonds. The van der Waals surface area contributed by atoms with Gasteiger partial charge in [0.15, 0.2) is 0 Å². The fraction of sp³-hybridized carbons (Fsp3) is 0.300. The first kappa shape index (κ1) is 15.3. The molecule has 1 aromatic rings. The van der Waals surface area contributed by atoms with Crippen LogP contribution >= 0.6 is 35.8 Å². The average molecular weight is 315 g/mol. The van der Waals surface area contributed by atoms with Crippen LogP contribution in [0.25, 0.3) is 0 Å². The lowest BCUT2D eigenvalue weighted by atomic mass is 10.2. The van der Waals surface area contributed by atoms with Crippen LogP contribution in [0.2, 0.25) is 5.02 Å². The Hall–Kier alpha value is -0.720. The molecule has 1 aromatic carbocycles. The lowest BCUT2D eigenvalue weighted by molar-refractivity contribution is 0.0923. The molecule has 1 N–H and O–H groups in total. The molecule has 18 heavy (non-hydrogen) atoms. The number of alkyl halides is 3. The molecule has 0 radical (unpaired) electrons. The molecule has 0 saturated heterocycles. The third-order valence-electron chi connectivity index (χ3n) is 2.06. The number of nitrogens with zero attached hydrogens (tertiary/aromatic N) is 1. The summed E-state index contributed by atoms with van der Waals surface area (Å²) in [7, 11) is 3.03. The van der Waals surface area contributed by atoms with Crippen molar-refractivity contribution in [3.63, 3.8) is 0 Å². The number of carbonyl (C=O) groups is 1. The lowest BCUT2D eigenvalue weighted by Gasteiger charge is -2.18. The van der Waals surface area contributed by atoms with Gasteiger partial charge in [0.25, 0.3) is 0 Å². The summed E-state index contributed by atoms with van der Waals surface area (Å²) in [4.78, 5) is 12.5. The molecule has 0 fully saturated rings. The highest BCUT2D eigenvalue weighted by molar-refractivity contribution is 7.80. The number of nitrogens with one attached hydrogen (secondary N) is 1. The Morgan fingerprint density at radius 3 is 2.44 bits per heavy atom. The number of rotatable bonds is 2. The molecule has 0 saturated carbocycles. The third-order valence-corrected chi connectivity index (χ3v) is 3.03. The molecule has 0 atom stereocenters. The number of amides is 2. The van der Waals surface area contributed by atoms with Crippen molar-refractivity contribution < 1.29 is 13.6 Å². The summed E-state index contributed by atoms with van der Waals surface area (Å²) >= 11 is 14.5. The maximum absolute atomic E-state index is 13.2. The maximum Gasteiger partial charge on any atom is 0.350 e. The molecule has 0 aromatic heterocycles. The Bertz CT molecular complexity index is 478. The summed E-state index contributed by atoms with van der Waals surface area (Å²) in [5.74, 6) is 0. The van der Waals surface area contributed by atoms with E-state index < -0.39 is 17.0 Å². The van der Waals surface area contributed by atoms with E-state index in [1.165, 1.54) is 31.1 Å². The maximum atomic E-state index is 13.2. The highest BCUT2D eigenvalue weighted by atomic mass is 35.5. The first-order valence-corrected chi connectivity index (χ1v) is 5.92. The largest absolute Gasteiger partial charge is 0.350 e. The summed E-state index contributed by atoms with van der Waals surface area (Å²) in [5, 5.41) is -1.47. The minimum absolute atomic E-state index is 0.108. The minimum Gasteiger partial charge on any atom is -0.331 e.